The summed E-state index contributed by atoms with van der Waals surface area (Å²) in [6.45, 7) is 0. The van der Waals surface area contributed by atoms with Gasteiger partial charge >= 0.3 is 0 Å². The van der Waals surface area contributed by atoms with Gasteiger partial charge in [0, 0.05) is 22.2 Å². The van der Waals surface area contributed by atoms with Crippen LogP contribution >= 0.6 is 0 Å². The van der Waals surface area contributed by atoms with Gasteiger partial charge in [-0.3, -0.25) is 0 Å². The fourth-order valence-corrected chi connectivity index (χ4v) is 7.73. The van der Waals surface area contributed by atoms with Crippen LogP contribution in [0.4, 0.5) is 0 Å². The molecule has 0 spiro atoms. The highest BCUT2D eigenvalue weighted by atomic mass is 15.0. The third kappa shape index (κ3) is 6.08. The molecule has 0 saturated heterocycles. The molecule has 0 unspecified atom stereocenters. The average Bonchev–Trinajstić information content (AvgIpc) is 3.61. The van der Waals surface area contributed by atoms with E-state index in [2.05, 4.69) is 217 Å². The number of rotatable bonds is 7. The van der Waals surface area contributed by atoms with Gasteiger partial charge in [-0.2, -0.15) is 0 Å². The molecule has 10 aromatic rings. The van der Waals surface area contributed by atoms with Crippen molar-refractivity contribution in [3.63, 3.8) is 0 Å². The van der Waals surface area contributed by atoms with Gasteiger partial charge in [-0.1, -0.05) is 158 Å². The van der Waals surface area contributed by atoms with Gasteiger partial charge < -0.3 is 4.57 Å². The van der Waals surface area contributed by atoms with Crippen LogP contribution in [0.3, 0.4) is 0 Å². The second-order valence-electron chi connectivity index (χ2n) is 13.8. The lowest BCUT2D eigenvalue weighted by Gasteiger charge is -2.16. The van der Waals surface area contributed by atoms with Gasteiger partial charge in [-0.25, -0.2) is 9.97 Å². The van der Waals surface area contributed by atoms with Crippen LogP contribution < -0.4 is 0 Å². The zero-order chi connectivity index (χ0) is 36.6. The smallest absolute Gasteiger partial charge is 0.160 e. The Kier molecular flexibility index (Phi) is 8.16. The van der Waals surface area contributed by atoms with E-state index in [0.717, 1.165) is 89.0 Å². The maximum absolute atomic E-state index is 5.63. The molecule has 55 heavy (non-hydrogen) atoms. The molecule has 3 nitrogen and oxygen atoms in total. The summed E-state index contributed by atoms with van der Waals surface area (Å²) in [4.78, 5) is 11.1. The summed E-state index contributed by atoms with van der Waals surface area (Å²) >= 11 is 0. The predicted molar refractivity (Wildman–Crippen MR) is 229 cm³/mol. The van der Waals surface area contributed by atoms with E-state index in [1.165, 1.54) is 0 Å². The van der Waals surface area contributed by atoms with Crippen LogP contribution in [-0.2, 0) is 0 Å². The summed E-state index contributed by atoms with van der Waals surface area (Å²) in [7, 11) is 0. The standard InChI is InChI=1S/C52H35N3/c1-6-18-36(19-7-1)40-30-41(37-20-8-2-9-21-37)33-44(32-40)49-51-50(47-28-16-17-29-48(47)55(51)46-26-14-5-15-27-46)54-52(53-49)45-34-42(38-22-10-3-11-23-38)31-43(35-45)39-24-12-4-13-25-39/h1-35H. The molecule has 8 aromatic carbocycles. The lowest BCUT2D eigenvalue weighted by Crippen LogP contribution is -2.00. The molecule has 10 rings (SSSR count). The van der Waals surface area contributed by atoms with Gasteiger partial charge in [-0.05, 0) is 99.1 Å². The molecule has 3 heteroatoms. The summed E-state index contributed by atoms with van der Waals surface area (Å²) < 4.78 is 2.33. The Morgan fingerprint density at radius 1 is 0.309 bits per heavy atom. The number of benzene rings is 8. The Morgan fingerprint density at radius 3 is 1.16 bits per heavy atom. The lowest BCUT2D eigenvalue weighted by molar-refractivity contribution is 1.15. The summed E-state index contributed by atoms with van der Waals surface area (Å²) in [5, 5.41) is 1.08. The van der Waals surface area contributed by atoms with Crippen LogP contribution in [-0.4, -0.2) is 14.5 Å². The van der Waals surface area contributed by atoms with Crippen molar-refractivity contribution in [3.05, 3.63) is 212 Å². The van der Waals surface area contributed by atoms with Crippen LogP contribution in [0.2, 0.25) is 0 Å². The van der Waals surface area contributed by atoms with Crippen molar-refractivity contribution in [3.8, 4) is 72.8 Å². The SMILES string of the molecule is c1ccc(-c2cc(-c3ccccc3)cc(-c3nc(-c4cc(-c5ccccc5)cc(-c5ccccc5)c4)c4c(n3)c3ccccc3n4-c3ccccc3)c2)cc1. The monoisotopic (exact) mass is 701 g/mol. The molecular formula is C52H35N3. The summed E-state index contributed by atoms with van der Waals surface area (Å²) in [6.07, 6.45) is 0. The van der Waals surface area contributed by atoms with Gasteiger partial charge in [-0.15, -0.1) is 0 Å². The van der Waals surface area contributed by atoms with Crippen molar-refractivity contribution in [1.82, 2.24) is 14.5 Å². The highest BCUT2D eigenvalue weighted by molar-refractivity contribution is 6.12. The molecule has 0 aliphatic carbocycles. The summed E-state index contributed by atoms with van der Waals surface area (Å²) in [5.74, 6) is 0.680. The molecule has 0 aliphatic rings. The normalized spacial score (nSPS) is 11.3. The minimum Gasteiger partial charge on any atom is -0.306 e. The van der Waals surface area contributed by atoms with E-state index >= 15 is 0 Å². The fraction of sp³-hybridized carbons (Fsp3) is 0. The van der Waals surface area contributed by atoms with E-state index in [1.807, 2.05) is 0 Å². The van der Waals surface area contributed by atoms with Gasteiger partial charge in [0.1, 0.15) is 5.52 Å². The van der Waals surface area contributed by atoms with Crippen molar-refractivity contribution in [2.75, 3.05) is 0 Å². The number of nitrogens with zero attached hydrogens (tertiary/aromatic N) is 3. The molecule has 0 bridgehead atoms. The average molecular weight is 702 g/mol. The van der Waals surface area contributed by atoms with Crippen molar-refractivity contribution < 1.29 is 0 Å². The van der Waals surface area contributed by atoms with E-state index in [0.29, 0.717) is 5.82 Å². The Balaban J connectivity index is 1.32. The third-order valence-corrected chi connectivity index (χ3v) is 10.3. The molecular weight excluding hydrogens is 667 g/mol. The van der Waals surface area contributed by atoms with Crippen molar-refractivity contribution in [2.45, 2.75) is 0 Å². The summed E-state index contributed by atoms with van der Waals surface area (Å²) in [5.41, 5.74) is 16.0. The molecule has 0 amide bonds. The maximum Gasteiger partial charge on any atom is 0.160 e. The second-order valence-corrected chi connectivity index (χ2v) is 13.8. The quantitative estimate of drug-likeness (QED) is 0.166. The van der Waals surface area contributed by atoms with E-state index in [9.17, 15) is 0 Å². The number of para-hydroxylation sites is 2. The fourth-order valence-electron chi connectivity index (χ4n) is 7.73. The zero-order valence-electron chi connectivity index (χ0n) is 30.0. The van der Waals surface area contributed by atoms with E-state index < -0.39 is 0 Å². The summed E-state index contributed by atoms with van der Waals surface area (Å²) in [6, 6.07) is 75.1. The third-order valence-electron chi connectivity index (χ3n) is 10.3. The van der Waals surface area contributed by atoms with E-state index in [-0.39, 0.29) is 0 Å². The molecule has 2 aromatic heterocycles. The second kappa shape index (κ2) is 13.9. The highest BCUT2D eigenvalue weighted by Gasteiger charge is 2.22. The molecule has 0 N–H and O–H groups in total. The van der Waals surface area contributed by atoms with E-state index in [1.54, 1.807) is 0 Å². The molecule has 0 aliphatic heterocycles. The highest BCUT2D eigenvalue weighted by Crippen LogP contribution is 2.41. The zero-order valence-corrected chi connectivity index (χ0v) is 30.0. The largest absolute Gasteiger partial charge is 0.306 e. The van der Waals surface area contributed by atoms with Gasteiger partial charge in [0.2, 0.25) is 0 Å². The Morgan fingerprint density at radius 2 is 0.691 bits per heavy atom. The van der Waals surface area contributed by atoms with Gasteiger partial charge in [0.15, 0.2) is 5.82 Å². The molecule has 0 atom stereocenters. The minimum absolute atomic E-state index is 0.680. The maximum atomic E-state index is 5.63. The van der Waals surface area contributed by atoms with Crippen LogP contribution in [0, 0.1) is 0 Å². The predicted octanol–water partition coefficient (Wildman–Crippen LogP) is 13.6. The first-order valence-corrected chi connectivity index (χ1v) is 18.7. The first-order chi connectivity index (χ1) is 27.3. The number of fused-ring (bicyclic) bond motifs is 3. The lowest BCUT2D eigenvalue weighted by atomic mass is 9.94. The van der Waals surface area contributed by atoms with Crippen molar-refractivity contribution in [2.24, 2.45) is 0 Å². The number of hydrogen-bond donors (Lipinski definition) is 0. The molecule has 0 radical (unpaired) electrons. The van der Waals surface area contributed by atoms with Gasteiger partial charge in [0.05, 0.1) is 16.7 Å². The Bertz CT molecular complexity index is 2820. The van der Waals surface area contributed by atoms with Crippen molar-refractivity contribution >= 4 is 21.9 Å². The van der Waals surface area contributed by atoms with E-state index in [4.69, 9.17) is 9.97 Å². The first-order valence-electron chi connectivity index (χ1n) is 18.7. The minimum atomic E-state index is 0.680. The van der Waals surface area contributed by atoms with Crippen LogP contribution in [0.15, 0.2) is 212 Å². The number of hydrogen-bond acceptors (Lipinski definition) is 2. The Hall–Kier alpha value is -7.36. The van der Waals surface area contributed by atoms with Crippen LogP contribution in [0.25, 0.3) is 94.8 Å². The van der Waals surface area contributed by atoms with Crippen molar-refractivity contribution in [1.29, 1.82) is 0 Å². The topological polar surface area (TPSA) is 30.7 Å². The number of aromatic nitrogens is 3. The molecule has 2 heterocycles. The molecule has 0 saturated carbocycles. The molecule has 0 fully saturated rings. The Labute approximate surface area is 320 Å². The first kappa shape index (κ1) is 32.3. The van der Waals surface area contributed by atoms with Gasteiger partial charge in [0.25, 0.3) is 0 Å². The van der Waals surface area contributed by atoms with Crippen LogP contribution in [0.1, 0.15) is 0 Å². The van der Waals surface area contributed by atoms with Crippen LogP contribution in [0.5, 0.6) is 0 Å². The molecule has 258 valence electrons.